The molecule has 0 heterocycles. The lowest BCUT2D eigenvalue weighted by molar-refractivity contribution is 0.337. The highest BCUT2D eigenvalue weighted by atomic mass is 32.2. The van der Waals surface area contributed by atoms with E-state index in [1.807, 2.05) is 0 Å². The minimum Gasteiger partial charge on any atom is -0.265 e. The summed E-state index contributed by atoms with van der Waals surface area (Å²) in [5.74, 6) is 0. The first-order valence-electron chi connectivity index (χ1n) is 6.08. The quantitative estimate of drug-likeness (QED) is 0.433. The van der Waals surface area contributed by atoms with E-state index in [9.17, 15) is 8.42 Å². The minimum absolute atomic E-state index is 0.120. The van der Waals surface area contributed by atoms with E-state index in [2.05, 4.69) is 16.4 Å². The Kier molecular flexibility index (Phi) is 5.85. The smallest absolute Gasteiger partial charge is 0.265 e. The molecular weight excluding hydrogens is 250 g/mol. The number of hydrogen-bond donors (Lipinski definition) is 0. The van der Waals surface area contributed by atoms with Gasteiger partial charge in [0.25, 0.3) is 0 Å². The van der Waals surface area contributed by atoms with E-state index < -0.39 is 10.1 Å². The van der Waals surface area contributed by atoms with Crippen LogP contribution >= 0.6 is 0 Å². The zero-order valence-electron chi connectivity index (χ0n) is 10.8. The number of unbranched alkanes of at least 4 members (excludes halogenated alkanes) is 2. The Morgan fingerprint density at radius 3 is 2.50 bits per heavy atom. The van der Waals surface area contributed by atoms with Gasteiger partial charge in [-0.05, 0) is 31.9 Å². The first-order valence-corrected chi connectivity index (χ1v) is 7.49. The molecule has 0 atom stereocenters. The fourth-order valence-corrected chi connectivity index (χ4v) is 2.22. The number of nitrogens with zero attached hydrogens (tertiary/aromatic N) is 1. The summed E-state index contributed by atoms with van der Waals surface area (Å²) in [6.45, 7) is 3.89. The van der Waals surface area contributed by atoms with Crippen LogP contribution in [0.5, 0.6) is 0 Å². The summed E-state index contributed by atoms with van der Waals surface area (Å²) < 4.78 is 28.1. The maximum absolute atomic E-state index is 11.7. The van der Waals surface area contributed by atoms with Crippen LogP contribution < -0.4 is 0 Å². The Morgan fingerprint density at radius 2 is 1.89 bits per heavy atom. The van der Waals surface area contributed by atoms with Gasteiger partial charge in [0.2, 0.25) is 0 Å². The third kappa shape index (κ3) is 4.87. The molecule has 0 unspecified atom stereocenters. The summed E-state index contributed by atoms with van der Waals surface area (Å²) in [4.78, 5) is 0.120. The standard InChI is InChI=1S/C13H19NO3S/c1-3-4-6-9-12(2)14-17-18(15,16)13-10-7-5-8-11-13/h5,7-8,10-11H,3-4,6,9H2,1-2H3. The van der Waals surface area contributed by atoms with Gasteiger partial charge in [0.05, 0.1) is 5.71 Å². The predicted octanol–water partition coefficient (Wildman–Crippen LogP) is 3.35. The Hall–Kier alpha value is -1.36. The summed E-state index contributed by atoms with van der Waals surface area (Å²) in [6, 6.07) is 8.01. The molecule has 0 fully saturated rings. The second-order valence-corrected chi connectivity index (χ2v) is 5.65. The van der Waals surface area contributed by atoms with Crippen LogP contribution in [0.4, 0.5) is 0 Å². The fraction of sp³-hybridized carbons (Fsp3) is 0.462. The SMILES string of the molecule is CCCCCC(C)=NOS(=O)(=O)c1ccccc1. The molecule has 5 heteroatoms. The van der Waals surface area contributed by atoms with E-state index in [1.165, 1.54) is 12.1 Å². The van der Waals surface area contributed by atoms with Crippen molar-refractivity contribution in [1.82, 2.24) is 0 Å². The van der Waals surface area contributed by atoms with Crippen molar-refractivity contribution < 1.29 is 12.7 Å². The molecular formula is C13H19NO3S. The van der Waals surface area contributed by atoms with Crippen molar-refractivity contribution in [1.29, 1.82) is 0 Å². The molecule has 1 aromatic carbocycles. The van der Waals surface area contributed by atoms with Crippen molar-refractivity contribution in [3.63, 3.8) is 0 Å². The van der Waals surface area contributed by atoms with Gasteiger partial charge in [0, 0.05) is 0 Å². The van der Waals surface area contributed by atoms with E-state index >= 15 is 0 Å². The molecule has 0 bridgehead atoms. The molecule has 4 nitrogen and oxygen atoms in total. The fourth-order valence-electron chi connectivity index (χ4n) is 1.42. The summed E-state index contributed by atoms with van der Waals surface area (Å²) in [7, 11) is -3.77. The van der Waals surface area contributed by atoms with Crippen molar-refractivity contribution in [3.8, 4) is 0 Å². The maximum Gasteiger partial charge on any atom is 0.358 e. The molecule has 0 saturated heterocycles. The zero-order chi connectivity index (χ0) is 13.4. The lowest BCUT2D eigenvalue weighted by atomic mass is 10.1. The molecule has 18 heavy (non-hydrogen) atoms. The summed E-state index contributed by atoms with van der Waals surface area (Å²) in [6.07, 6.45) is 3.99. The van der Waals surface area contributed by atoms with E-state index in [0.717, 1.165) is 25.7 Å². The van der Waals surface area contributed by atoms with E-state index in [1.54, 1.807) is 25.1 Å². The summed E-state index contributed by atoms with van der Waals surface area (Å²) in [5.41, 5.74) is 0.697. The Labute approximate surface area is 109 Å². The third-order valence-corrected chi connectivity index (χ3v) is 3.59. The topological polar surface area (TPSA) is 55.7 Å². The highest BCUT2D eigenvalue weighted by molar-refractivity contribution is 7.86. The van der Waals surface area contributed by atoms with Crippen LogP contribution in [0, 0.1) is 0 Å². The normalized spacial score (nSPS) is 12.4. The third-order valence-electron chi connectivity index (χ3n) is 2.47. The van der Waals surface area contributed by atoms with Crippen LogP contribution in [0.1, 0.15) is 39.5 Å². The Balaban J connectivity index is 2.59. The van der Waals surface area contributed by atoms with Gasteiger partial charge in [-0.2, -0.15) is 8.42 Å². The van der Waals surface area contributed by atoms with Crippen molar-refractivity contribution in [2.75, 3.05) is 0 Å². The summed E-state index contributed by atoms with van der Waals surface area (Å²) in [5, 5.41) is 3.67. The van der Waals surface area contributed by atoms with Crippen molar-refractivity contribution in [2.45, 2.75) is 44.4 Å². The first kappa shape index (κ1) is 14.7. The monoisotopic (exact) mass is 269 g/mol. The van der Waals surface area contributed by atoms with Gasteiger partial charge in [0.15, 0.2) is 0 Å². The molecule has 1 aromatic rings. The minimum atomic E-state index is -3.77. The average molecular weight is 269 g/mol. The predicted molar refractivity (Wildman–Crippen MR) is 72.0 cm³/mol. The molecule has 100 valence electrons. The molecule has 0 N–H and O–H groups in total. The highest BCUT2D eigenvalue weighted by Crippen LogP contribution is 2.12. The summed E-state index contributed by atoms with van der Waals surface area (Å²) >= 11 is 0. The number of rotatable bonds is 7. The van der Waals surface area contributed by atoms with E-state index in [0.29, 0.717) is 5.71 Å². The van der Waals surface area contributed by atoms with Crippen LogP contribution in [0.25, 0.3) is 0 Å². The second kappa shape index (κ2) is 7.16. The van der Waals surface area contributed by atoms with Gasteiger partial charge >= 0.3 is 10.1 Å². The van der Waals surface area contributed by atoms with Gasteiger partial charge in [-0.1, -0.05) is 43.1 Å². The molecule has 0 aliphatic rings. The van der Waals surface area contributed by atoms with Crippen molar-refractivity contribution in [2.24, 2.45) is 5.16 Å². The molecule has 0 aliphatic carbocycles. The first-order chi connectivity index (χ1) is 8.56. The molecule has 0 amide bonds. The number of oxime groups is 1. The lowest BCUT2D eigenvalue weighted by Gasteiger charge is -2.02. The average Bonchev–Trinajstić information content (AvgIpc) is 2.38. The maximum atomic E-state index is 11.7. The zero-order valence-corrected chi connectivity index (χ0v) is 11.6. The molecule has 0 spiro atoms. The van der Waals surface area contributed by atoms with Crippen molar-refractivity contribution in [3.05, 3.63) is 30.3 Å². The van der Waals surface area contributed by atoms with E-state index in [-0.39, 0.29) is 4.90 Å². The van der Waals surface area contributed by atoms with Crippen LogP contribution in [0.3, 0.4) is 0 Å². The number of benzene rings is 1. The largest absolute Gasteiger partial charge is 0.358 e. The van der Waals surface area contributed by atoms with Gasteiger partial charge in [-0.25, -0.2) is 0 Å². The van der Waals surface area contributed by atoms with Crippen LogP contribution in [0.15, 0.2) is 40.4 Å². The van der Waals surface area contributed by atoms with Gasteiger partial charge in [-0.15, -0.1) is 0 Å². The molecule has 0 aliphatic heterocycles. The van der Waals surface area contributed by atoms with Gasteiger partial charge in [0.1, 0.15) is 4.90 Å². The Morgan fingerprint density at radius 1 is 1.22 bits per heavy atom. The lowest BCUT2D eigenvalue weighted by Crippen LogP contribution is -2.04. The molecule has 0 radical (unpaired) electrons. The molecule has 1 rings (SSSR count). The van der Waals surface area contributed by atoms with Gasteiger partial charge in [-0.3, -0.25) is 4.28 Å². The van der Waals surface area contributed by atoms with Crippen LogP contribution in [-0.2, 0) is 14.4 Å². The second-order valence-electron chi connectivity index (χ2n) is 4.13. The molecule has 0 saturated carbocycles. The number of hydrogen-bond acceptors (Lipinski definition) is 4. The van der Waals surface area contributed by atoms with E-state index in [4.69, 9.17) is 0 Å². The molecule has 0 aromatic heterocycles. The highest BCUT2D eigenvalue weighted by Gasteiger charge is 2.14. The Bertz CT molecular complexity index is 480. The van der Waals surface area contributed by atoms with Gasteiger partial charge < -0.3 is 0 Å². The van der Waals surface area contributed by atoms with Crippen molar-refractivity contribution >= 4 is 15.8 Å². The van der Waals surface area contributed by atoms with Crippen LogP contribution in [-0.4, -0.2) is 14.1 Å². The van der Waals surface area contributed by atoms with Crippen LogP contribution in [0.2, 0.25) is 0 Å².